The third kappa shape index (κ3) is 0.841. The maximum Gasteiger partial charge on any atom is 0.108 e. The smallest absolute Gasteiger partial charge is 0.108 e. The van der Waals surface area contributed by atoms with Crippen LogP contribution in [0.2, 0.25) is 0 Å². The Labute approximate surface area is 46.3 Å². The van der Waals surface area contributed by atoms with Crippen molar-refractivity contribution in [3.8, 4) is 0 Å². The Morgan fingerprint density at radius 2 is 2.38 bits per heavy atom. The third-order valence-corrected chi connectivity index (χ3v) is 0.613. The van der Waals surface area contributed by atoms with E-state index in [4.69, 9.17) is 6.58 Å². The standard InChI is InChI=1S/C4H3N4/c1-2-4-3-5-7-8-6-4/h1-3H. The highest BCUT2D eigenvalue weighted by Gasteiger charge is 1.81. The molecule has 0 saturated carbocycles. The molecule has 0 unspecified atom stereocenters. The summed E-state index contributed by atoms with van der Waals surface area (Å²) in [6, 6.07) is 0. The first kappa shape index (κ1) is 4.83. The molecular formula is C4H3N4. The molecule has 0 amide bonds. The predicted octanol–water partition coefficient (Wildman–Crippen LogP) is -0.287. The largest absolute Gasteiger partial charge is 0.135 e. The molecule has 0 aliphatic carbocycles. The lowest BCUT2D eigenvalue weighted by Gasteiger charge is -1.80. The zero-order valence-electron chi connectivity index (χ0n) is 4.02. The monoisotopic (exact) mass is 107 g/mol. The van der Waals surface area contributed by atoms with Gasteiger partial charge in [0.25, 0.3) is 0 Å². The van der Waals surface area contributed by atoms with E-state index in [-0.39, 0.29) is 0 Å². The first-order chi connectivity index (χ1) is 3.93. The molecule has 1 radical (unpaired) electrons. The summed E-state index contributed by atoms with van der Waals surface area (Å²) in [7, 11) is 0. The lowest BCUT2D eigenvalue weighted by Crippen LogP contribution is -1.90. The van der Waals surface area contributed by atoms with Crippen LogP contribution < -0.4 is 0 Å². The van der Waals surface area contributed by atoms with Gasteiger partial charge in [-0.15, -0.1) is 10.2 Å². The number of rotatable bonds is 1. The van der Waals surface area contributed by atoms with E-state index in [2.05, 4.69) is 20.6 Å². The summed E-state index contributed by atoms with van der Waals surface area (Å²) in [6.07, 6.45) is 2.73. The van der Waals surface area contributed by atoms with Crippen LogP contribution in [0.4, 0.5) is 0 Å². The van der Waals surface area contributed by atoms with Crippen LogP contribution in [0.5, 0.6) is 0 Å². The van der Waals surface area contributed by atoms with Crippen molar-refractivity contribution in [2.24, 2.45) is 0 Å². The molecule has 0 saturated heterocycles. The van der Waals surface area contributed by atoms with Gasteiger partial charge in [-0.25, -0.2) is 0 Å². The van der Waals surface area contributed by atoms with Gasteiger partial charge in [0.05, 0.1) is 6.20 Å². The van der Waals surface area contributed by atoms with Crippen molar-refractivity contribution in [3.63, 3.8) is 0 Å². The van der Waals surface area contributed by atoms with Gasteiger partial charge in [-0.1, -0.05) is 6.58 Å². The van der Waals surface area contributed by atoms with Gasteiger partial charge in [-0.2, -0.15) is 0 Å². The van der Waals surface area contributed by atoms with E-state index >= 15 is 0 Å². The minimum absolute atomic E-state index is 0.528. The van der Waals surface area contributed by atoms with Gasteiger partial charge in [-0.05, 0) is 16.5 Å². The van der Waals surface area contributed by atoms with E-state index in [9.17, 15) is 0 Å². The molecule has 0 N–H and O–H groups in total. The Morgan fingerprint density at radius 1 is 1.50 bits per heavy atom. The summed E-state index contributed by atoms with van der Waals surface area (Å²) in [4.78, 5) is 0. The lowest BCUT2D eigenvalue weighted by atomic mass is 10.5. The number of nitrogens with zero attached hydrogens (tertiary/aromatic N) is 4. The van der Waals surface area contributed by atoms with E-state index in [0.717, 1.165) is 0 Å². The van der Waals surface area contributed by atoms with Gasteiger partial charge in [0, 0.05) is 0 Å². The van der Waals surface area contributed by atoms with Crippen molar-refractivity contribution in [2.75, 3.05) is 0 Å². The van der Waals surface area contributed by atoms with Crippen molar-refractivity contribution in [1.29, 1.82) is 0 Å². The van der Waals surface area contributed by atoms with E-state index in [1.165, 1.54) is 12.3 Å². The summed E-state index contributed by atoms with van der Waals surface area (Å²) < 4.78 is 0. The molecule has 4 heteroatoms. The molecule has 0 spiro atoms. The zero-order valence-corrected chi connectivity index (χ0v) is 4.02. The van der Waals surface area contributed by atoms with Crippen LogP contribution in [-0.2, 0) is 0 Å². The van der Waals surface area contributed by atoms with Crippen LogP contribution in [0, 0.1) is 6.58 Å². The Morgan fingerprint density at radius 3 is 2.75 bits per heavy atom. The van der Waals surface area contributed by atoms with E-state index in [0.29, 0.717) is 5.69 Å². The van der Waals surface area contributed by atoms with Crippen molar-refractivity contribution < 1.29 is 0 Å². The van der Waals surface area contributed by atoms with Gasteiger partial charge >= 0.3 is 0 Å². The van der Waals surface area contributed by atoms with Crippen molar-refractivity contribution in [3.05, 3.63) is 18.5 Å². The van der Waals surface area contributed by atoms with Gasteiger partial charge < -0.3 is 0 Å². The van der Waals surface area contributed by atoms with Crippen LogP contribution >= 0.6 is 0 Å². The molecule has 0 aliphatic heterocycles. The fourth-order valence-corrected chi connectivity index (χ4v) is 0.282. The van der Waals surface area contributed by atoms with Gasteiger partial charge in [0.2, 0.25) is 0 Å². The van der Waals surface area contributed by atoms with E-state index < -0.39 is 0 Å². The van der Waals surface area contributed by atoms with Crippen molar-refractivity contribution in [2.45, 2.75) is 0 Å². The molecule has 0 bridgehead atoms. The first-order valence-corrected chi connectivity index (χ1v) is 1.99. The maximum absolute atomic E-state index is 5.05. The highest BCUT2D eigenvalue weighted by molar-refractivity contribution is 5.35. The molecule has 1 aromatic heterocycles. The van der Waals surface area contributed by atoms with Crippen LogP contribution in [0.1, 0.15) is 5.69 Å². The molecule has 0 aliphatic rings. The third-order valence-electron chi connectivity index (χ3n) is 0.613. The summed E-state index contributed by atoms with van der Waals surface area (Å²) >= 11 is 0. The molecule has 0 atom stereocenters. The second kappa shape index (κ2) is 2.11. The van der Waals surface area contributed by atoms with Gasteiger partial charge in [-0.3, -0.25) is 0 Å². The predicted molar refractivity (Wildman–Crippen MR) is 26.4 cm³/mol. The summed E-state index contributed by atoms with van der Waals surface area (Å²) in [5.74, 6) is 0. The highest BCUT2D eigenvalue weighted by Crippen LogP contribution is 1.84. The van der Waals surface area contributed by atoms with Crippen LogP contribution in [-0.4, -0.2) is 20.6 Å². The van der Waals surface area contributed by atoms with Gasteiger partial charge in [0.1, 0.15) is 5.69 Å². The average molecular weight is 107 g/mol. The van der Waals surface area contributed by atoms with Crippen LogP contribution in [0.25, 0.3) is 6.08 Å². The Balaban J connectivity index is 2.99. The topological polar surface area (TPSA) is 51.6 Å². The van der Waals surface area contributed by atoms with Crippen LogP contribution in [0.15, 0.2) is 6.20 Å². The molecule has 1 rings (SSSR count). The summed E-state index contributed by atoms with van der Waals surface area (Å²) in [6.45, 7) is 5.05. The average Bonchev–Trinajstić information content (AvgIpc) is 1.90. The number of hydrogen-bond acceptors (Lipinski definition) is 4. The van der Waals surface area contributed by atoms with E-state index in [1.807, 2.05) is 0 Å². The molecule has 39 valence electrons. The Bertz CT molecular complexity index is 171. The summed E-state index contributed by atoms with van der Waals surface area (Å²) in [5.41, 5.74) is 0.528. The van der Waals surface area contributed by atoms with Crippen molar-refractivity contribution >= 4 is 6.08 Å². The quantitative estimate of drug-likeness (QED) is 0.495. The van der Waals surface area contributed by atoms with Crippen molar-refractivity contribution in [1.82, 2.24) is 20.6 Å². The van der Waals surface area contributed by atoms with E-state index in [1.54, 1.807) is 0 Å². The molecule has 0 fully saturated rings. The summed E-state index contributed by atoms with van der Waals surface area (Å²) in [5, 5.41) is 13.4. The molecule has 4 nitrogen and oxygen atoms in total. The highest BCUT2D eigenvalue weighted by atomic mass is 15.4. The lowest BCUT2D eigenvalue weighted by molar-refractivity contribution is 0.756. The SMILES string of the molecule is [CH]=Cc1cnnnn1. The number of hydrogen-bond donors (Lipinski definition) is 0. The molecular weight excluding hydrogens is 104 g/mol. The Kier molecular flexibility index (Phi) is 1.27. The molecule has 8 heavy (non-hydrogen) atoms. The maximum atomic E-state index is 5.05. The normalized spacial score (nSPS) is 8.50. The minimum atomic E-state index is 0.528. The second-order valence-corrected chi connectivity index (χ2v) is 1.11. The Hall–Kier alpha value is -1.32. The molecule has 0 aromatic carbocycles. The molecule has 1 aromatic rings. The fraction of sp³-hybridized carbons (Fsp3) is 0. The number of aromatic nitrogens is 4. The zero-order chi connectivity index (χ0) is 5.82. The fourth-order valence-electron chi connectivity index (χ4n) is 0.282. The molecule has 1 heterocycles. The van der Waals surface area contributed by atoms with Crippen LogP contribution in [0.3, 0.4) is 0 Å². The first-order valence-electron chi connectivity index (χ1n) is 1.99. The second-order valence-electron chi connectivity index (χ2n) is 1.11. The minimum Gasteiger partial charge on any atom is -0.135 e. The van der Waals surface area contributed by atoms with Gasteiger partial charge in [0.15, 0.2) is 0 Å².